The first-order valence-electron chi connectivity index (χ1n) is 19.7. The minimum Gasteiger partial charge on any atom is -0.382 e. The molecule has 1 saturated heterocycles. The van der Waals surface area contributed by atoms with Crippen LogP contribution in [0.3, 0.4) is 0 Å². The van der Waals surface area contributed by atoms with Crippen LogP contribution in [0.2, 0.25) is 5.02 Å². The predicted molar refractivity (Wildman–Crippen MR) is 210 cm³/mol. The Morgan fingerprint density at radius 1 is 1.06 bits per heavy atom. The quantitative estimate of drug-likeness (QED) is 0.0264. The van der Waals surface area contributed by atoms with Crippen LogP contribution in [0.5, 0.6) is 0 Å². The number of phosphoric acid groups is 1. The van der Waals surface area contributed by atoms with E-state index in [9.17, 15) is 9.46 Å². The molecule has 5 N–H and O–H groups in total. The summed E-state index contributed by atoms with van der Waals surface area (Å²) >= 11 is 6.11. The van der Waals surface area contributed by atoms with Gasteiger partial charge < -0.3 is 25.1 Å². The predicted octanol–water partition coefficient (Wildman–Crippen LogP) is 10.7. The van der Waals surface area contributed by atoms with Gasteiger partial charge in [-0.3, -0.25) is 19.4 Å². The summed E-state index contributed by atoms with van der Waals surface area (Å²) in [5.74, 6) is 0.209. The number of ether oxygens (including phenoxy) is 2. The van der Waals surface area contributed by atoms with E-state index in [1.807, 2.05) is 13.0 Å². The van der Waals surface area contributed by atoms with Crippen molar-refractivity contribution in [2.24, 2.45) is 10.7 Å². The topological polar surface area (TPSA) is 165 Å². The van der Waals surface area contributed by atoms with Crippen molar-refractivity contribution in [3.63, 3.8) is 0 Å². The molecule has 1 aliphatic rings. The molecule has 0 amide bonds. The number of amidine groups is 1. The van der Waals surface area contributed by atoms with Crippen molar-refractivity contribution < 1.29 is 28.0 Å². The van der Waals surface area contributed by atoms with E-state index in [2.05, 4.69) is 21.9 Å². The lowest BCUT2D eigenvalue weighted by molar-refractivity contribution is -0.0658. The molecule has 0 spiro atoms. The minimum atomic E-state index is -4.39. The molecule has 1 unspecified atom stereocenters. The molecule has 11 nitrogen and oxygen atoms in total. The molecule has 0 saturated carbocycles. The third-order valence-corrected chi connectivity index (χ3v) is 10.9. The van der Waals surface area contributed by atoms with Gasteiger partial charge in [-0.25, -0.2) is 9.56 Å². The molecule has 0 bridgehead atoms. The van der Waals surface area contributed by atoms with E-state index in [0.717, 1.165) is 30.4 Å². The smallest absolute Gasteiger partial charge is 0.382 e. The van der Waals surface area contributed by atoms with Gasteiger partial charge in [0.1, 0.15) is 12.2 Å². The number of pyridine rings is 1. The molecule has 0 aliphatic carbocycles. The number of hydrogen-bond acceptors (Lipinski definition) is 7. The summed E-state index contributed by atoms with van der Waals surface area (Å²) in [6, 6.07) is 5.44. The summed E-state index contributed by atoms with van der Waals surface area (Å²) in [5, 5.41) is 7.64. The van der Waals surface area contributed by atoms with Gasteiger partial charge in [0.15, 0.2) is 0 Å². The van der Waals surface area contributed by atoms with E-state index in [-0.39, 0.29) is 31.8 Å². The Kier molecular flexibility index (Phi) is 21.3. The third kappa shape index (κ3) is 18.3. The van der Waals surface area contributed by atoms with E-state index in [0.29, 0.717) is 30.0 Å². The van der Waals surface area contributed by atoms with Gasteiger partial charge in [0.25, 0.3) is 0 Å². The second-order valence-electron chi connectivity index (χ2n) is 14.5. The van der Waals surface area contributed by atoms with Crippen LogP contribution >= 0.6 is 19.4 Å². The second kappa shape index (κ2) is 25.1. The van der Waals surface area contributed by atoms with Crippen LogP contribution in [0.4, 0.5) is 0 Å². The molecule has 4 atom stereocenters. The van der Waals surface area contributed by atoms with Gasteiger partial charge in [-0.15, -0.1) is 0 Å². The van der Waals surface area contributed by atoms with Crippen molar-refractivity contribution in [3.05, 3.63) is 52.6 Å². The lowest BCUT2D eigenvalue weighted by Gasteiger charge is -2.26. The summed E-state index contributed by atoms with van der Waals surface area (Å²) < 4.78 is 36.3. The van der Waals surface area contributed by atoms with Crippen LogP contribution in [-0.4, -0.2) is 52.0 Å². The number of phosphoric ester groups is 1. The summed E-state index contributed by atoms with van der Waals surface area (Å²) in [5.41, 5.74) is 7.32. The normalized spacial score (nSPS) is 19.5. The lowest BCUT2D eigenvalue weighted by atomic mass is 10.0. The van der Waals surface area contributed by atoms with Crippen LogP contribution in [0.1, 0.15) is 165 Å². The molecule has 52 heavy (non-hydrogen) atoms. The average molecular weight is 766 g/mol. The zero-order chi connectivity index (χ0) is 37.5. The van der Waals surface area contributed by atoms with E-state index in [1.54, 1.807) is 24.5 Å². The molecule has 1 aliphatic heterocycles. The Bertz CT molecular complexity index is 1360. The van der Waals surface area contributed by atoms with Gasteiger partial charge in [-0.1, -0.05) is 128 Å². The van der Waals surface area contributed by atoms with Crippen molar-refractivity contribution in [3.8, 4) is 0 Å². The maximum absolute atomic E-state index is 13.0. The fraction of sp³-hybridized carbons (Fsp3) is 0.718. The fourth-order valence-electron chi connectivity index (χ4n) is 6.60. The molecular formula is C39H65ClN5O6P. The maximum atomic E-state index is 13.0. The minimum absolute atomic E-state index is 0.0786. The maximum Gasteiger partial charge on any atom is 0.472 e. The van der Waals surface area contributed by atoms with Gasteiger partial charge in [0, 0.05) is 18.1 Å². The standard InChI is InChI=1S/C39H65ClN5O6P/c1-3-4-5-6-7-8-9-10-11-12-13-14-15-16-17-18-19-20-34(48-28-32-25-33(40)27-43-26-32)29-49-52(46,47)50-30-39(2)24-23-37(51-39)35-21-22-36(45-35)38(42)44-31-41/h21-22,25-27,31,34,37,45H,3-20,23-24,28-30H2,1-2H3,(H,46,47)(H3,41,42,44)/t34-,37-,39+/m1/s1. The summed E-state index contributed by atoms with van der Waals surface area (Å²) in [6.45, 7) is 4.20. The van der Waals surface area contributed by atoms with Gasteiger partial charge in [0.05, 0.1) is 48.3 Å². The Morgan fingerprint density at radius 3 is 2.27 bits per heavy atom. The molecule has 3 heterocycles. The SMILES string of the molecule is CCCCCCCCCCCCCCCCCCC[C@H](COP(=O)(O)OC[C@]1(C)CC[C@H](c2ccc(C(N)=NC=N)[nH]2)O1)OCc1cncc(Cl)c1. The van der Waals surface area contributed by atoms with Crippen LogP contribution in [0.25, 0.3) is 0 Å². The lowest BCUT2D eigenvalue weighted by Crippen LogP contribution is -2.30. The highest BCUT2D eigenvalue weighted by atomic mass is 35.5. The van der Waals surface area contributed by atoms with Crippen molar-refractivity contribution in [1.29, 1.82) is 5.41 Å². The van der Waals surface area contributed by atoms with E-state index < -0.39 is 19.5 Å². The molecule has 294 valence electrons. The zero-order valence-electron chi connectivity index (χ0n) is 31.7. The first kappa shape index (κ1) is 44.3. The Balaban J connectivity index is 1.34. The molecule has 2 aromatic heterocycles. The number of aromatic amines is 1. The number of aliphatic imine (C=N–C) groups is 1. The van der Waals surface area contributed by atoms with Crippen molar-refractivity contribution in [2.45, 2.75) is 167 Å². The van der Waals surface area contributed by atoms with Gasteiger partial charge in [0.2, 0.25) is 0 Å². The first-order chi connectivity index (χ1) is 25.1. The molecule has 0 aromatic carbocycles. The number of aromatic nitrogens is 2. The highest BCUT2D eigenvalue weighted by Crippen LogP contribution is 2.47. The fourth-order valence-corrected chi connectivity index (χ4v) is 7.67. The number of rotatable bonds is 30. The van der Waals surface area contributed by atoms with Crippen LogP contribution in [-0.2, 0) is 29.7 Å². The molecule has 2 aromatic rings. The Labute approximate surface area is 317 Å². The van der Waals surface area contributed by atoms with Gasteiger partial charge >= 0.3 is 7.82 Å². The largest absolute Gasteiger partial charge is 0.472 e. The number of nitrogens with two attached hydrogens (primary N) is 1. The van der Waals surface area contributed by atoms with Crippen molar-refractivity contribution in [1.82, 2.24) is 9.97 Å². The first-order valence-corrected chi connectivity index (χ1v) is 21.5. The highest BCUT2D eigenvalue weighted by Gasteiger charge is 2.40. The summed E-state index contributed by atoms with van der Waals surface area (Å²) in [7, 11) is -4.39. The number of halogens is 1. The molecule has 1 fully saturated rings. The Hall–Kier alpha value is -2.11. The van der Waals surface area contributed by atoms with Crippen molar-refractivity contribution >= 4 is 31.6 Å². The van der Waals surface area contributed by atoms with Gasteiger partial charge in [-0.05, 0) is 49.9 Å². The van der Waals surface area contributed by atoms with Crippen LogP contribution in [0.15, 0.2) is 35.6 Å². The Morgan fingerprint density at radius 2 is 1.67 bits per heavy atom. The number of nitrogens with one attached hydrogen (secondary N) is 2. The highest BCUT2D eigenvalue weighted by molar-refractivity contribution is 7.47. The molecule has 3 rings (SSSR count). The monoisotopic (exact) mass is 765 g/mol. The molecule has 13 heteroatoms. The zero-order valence-corrected chi connectivity index (χ0v) is 33.3. The number of nitrogens with zero attached hydrogens (tertiary/aromatic N) is 2. The van der Waals surface area contributed by atoms with E-state index in [1.165, 1.54) is 96.3 Å². The number of hydrogen-bond donors (Lipinski definition) is 4. The van der Waals surface area contributed by atoms with E-state index >= 15 is 0 Å². The summed E-state index contributed by atoms with van der Waals surface area (Å²) in [4.78, 5) is 21.7. The molecule has 0 radical (unpaired) electrons. The van der Waals surface area contributed by atoms with E-state index in [4.69, 9.17) is 41.3 Å². The van der Waals surface area contributed by atoms with Gasteiger partial charge in [-0.2, -0.15) is 0 Å². The summed E-state index contributed by atoms with van der Waals surface area (Å²) in [6.07, 6.45) is 27.7. The third-order valence-electron chi connectivity index (χ3n) is 9.73. The number of H-pyrrole nitrogens is 1. The number of unbranched alkanes of at least 4 members (excludes halogenated alkanes) is 16. The molecular weight excluding hydrogens is 701 g/mol. The average Bonchev–Trinajstić information content (AvgIpc) is 3.78. The van der Waals surface area contributed by atoms with Crippen LogP contribution in [0, 0.1) is 5.41 Å². The van der Waals surface area contributed by atoms with Crippen LogP contribution < -0.4 is 5.73 Å². The van der Waals surface area contributed by atoms with Crippen molar-refractivity contribution in [2.75, 3.05) is 13.2 Å². The second-order valence-corrected chi connectivity index (χ2v) is 16.4.